The van der Waals surface area contributed by atoms with E-state index in [1.165, 1.54) is 0 Å². The maximum atomic E-state index is 14.0. The molecule has 4 rings (SSSR count). The lowest BCUT2D eigenvalue weighted by molar-refractivity contribution is -0.304. The molecular formula is C51H80N2O17. The second kappa shape index (κ2) is 30.7. The first-order chi connectivity index (χ1) is 33.4. The second-order valence-corrected chi connectivity index (χ2v) is 19.1. The number of carbonyl (C=O) groups excluding carboxylic acids is 2. The molecule has 6 unspecified atom stereocenters. The van der Waals surface area contributed by atoms with E-state index in [1.54, 1.807) is 43.4 Å². The van der Waals surface area contributed by atoms with Crippen molar-refractivity contribution in [2.75, 3.05) is 26.4 Å². The number of hydrogen-bond acceptors (Lipinski definition) is 18. The maximum Gasteiger partial charge on any atom is 0.228 e. The van der Waals surface area contributed by atoms with E-state index in [2.05, 4.69) is 5.32 Å². The number of nitrogens with two attached hydrogens (primary N) is 1. The van der Waals surface area contributed by atoms with Crippen LogP contribution in [0, 0.1) is 17.8 Å². The molecule has 2 bridgehead atoms. The number of hydrogen-bond donors (Lipinski definition) is 12. The summed E-state index contributed by atoms with van der Waals surface area (Å²) in [6.07, 6.45) is 8.57. The van der Waals surface area contributed by atoms with Crippen molar-refractivity contribution < 1.29 is 84.3 Å². The van der Waals surface area contributed by atoms with Gasteiger partial charge in [-0.05, 0) is 39.0 Å². The molecule has 18 atom stereocenters. The third kappa shape index (κ3) is 20.3. The van der Waals surface area contributed by atoms with Gasteiger partial charge >= 0.3 is 0 Å². The largest absolute Gasteiger partial charge is 0.393 e. The topological polar surface area (TPSA) is 321 Å². The highest BCUT2D eigenvalue weighted by Crippen LogP contribution is 2.38. The molecular weight excluding hydrogens is 913 g/mol. The van der Waals surface area contributed by atoms with Crippen LogP contribution in [-0.2, 0) is 33.3 Å². The highest BCUT2D eigenvalue weighted by Gasteiger charge is 2.51. The van der Waals surface area contributed by atoms with E-state index in [4.69, 9.17) is 29.4 Å². The second-order valence-electron chi connectivity index (χ2n) is 19.1. The zero-order valence-electron chi connectivity index (χ0n) is 40.4. The summed E-state index contributed by atoms with van der Waals surface area (Å²) in [5, 5.41) is 113. The summed E-state index contributed by atoms with van der Waals surface area (Å²) >= 11 is 0. The normalized spacial score (nSPS) is 43.6. The van der Waals surface area contributed by atoms with Crippen molar-refractivity contribution in [2.45, 2.75) is 175 Å². The zero-order chi connectivity index (χ0) is 51.2. The van der Waals surface area contributed by atoms with Crippen molar-refractivity contribution >= 4 is 12.2 Å². The quantitative estimate of drug-likeness (QED) is 0.164. The van der Waals surface area contributed by atoms with Crippen molar-refractivity contribution in [2.24, 2.45) is 23.5 Å². The van der Waals surface area contributed by atoms with Crippen LogP contribution in [0.2, 0.25) is 0 Å². The first kappa shape index (κ1) is 59.2. The SMILES string of the molecule is C[C@H]1C[C@H](O)[C@@H](C)/C=C/C=C/C=C/C=C/C=C/C=C/C=C/[C@H](O[C@@H]2OC[C@@H](O)[C@H](N)[C@@H]2O)C[C@@H]2O[C@](O)(C[C@@H](O)CC(O)C(O)CCC(O)CC(O)C(C=O)CO1)C[C@H](O)C2C(=O)NC1CCOCC1. The van der Waals surface area contributed by atoms with Gasteiger partial charge in [0.05, 0.1) is 98.2 Å². The van der Waals surface area contributed by atoms with Gasteiger partial charge in [0.1, 0.15) is 12.4 Å². The molecule has 0 radical (unpaired) electrons. The van der Waals surface area contributed by atoms with Crippen LogP contribution >= 0.6 is 0 Å². The number of aliphatic hydroxyl groups excluding tert-OH is 9. The van der Waals surface area contributed by atoms with Crippen LogP contribution in [0.4, 0.5) is 0 Å². The zero-order valence-corrected chi connectivity index (χ0v) is 40.4. The molecule has 1 amide bonds. The smallest absolute Gasteiger partial charge is 0.228 e. The molecule has 0 aliphatic carbocycles. The number of ether oxygens (including phenoxy) is 5. The number of amides is 1. The van der Waals surface area contributed by atoms with Gasteiger partial charge in [0.2, 0.25) is 5.91 Å². The van der Waals surface area contributed by atoms with Gasteiger partial charge in [0.15, 0.2) is 12.1 Å². The third-order valence-corrected chi connectivity index (χ3v) is 13.1. The molecule has 3 saturated heterocycles. The van der Waals surface area contributed by atoms with Crippen molar-refractivity contribution in [3.8, 4) is 0 Å². The Labute approximate surface area is 411 Å². The number of rotatable bonds is 5. The summed E-state index contributed by atoms with van der Waals surface area (Å²) in [5.41, 5.74) is 6.03. The summed E-state index contributed by atoms with van der Waals surface area (Å²) < 4.78 is 29.3. The standard InChI is InChI=1S/C51H80N2O17/c1-32-15-13-11-9-7-5-3-4-6-8-10-12-14-16-38(69-50-48(63)47(52)44(62)31-68-50)26-45-46(49(64)53-35-19-21-66-22-20-35)43(61)28-51(65,70-45)27-37(56)25-42(60)39(57)18-17-36(55)24-41(59)34(29-54)30-67-33(2)23-40(32)58/h3-16,29,32-48,50,55-63,65H,17-28,30-31,52H2,1-2H3,(H,53,64)/b4-3+,7-5+,8-6+,11-9+,12-10+,15-13+,16-14+/t32-,33-,34?,36?,37-,38-,39?,40-,41?,42?,43-,44+,45-,46?,47-,48-,50-,51+/m0/s1. The summed E-state index contributed by atoms with van der Waals surface area (Å²) in [5.74, 6) is -5.27. The average Bonchev–Trinajstić information content (AvgIpc) is 3.30. The van der Waals surface area contributed by atoms with Gasteiger partial charge in [0, 0.05) is 57.3 Å². The minimum atomic E-state index is -2.26. The molecule has 0 aromatic rings. The number of allylic oxidation sites excluding steroid dienone is 12. The molecule has 0 saturated carbocycles. The van der Waals surface area contributed by atoms with Gasteiger partial charge in [-0.3, -0.25) is 4.79 Å². The first-order valence-corrected chi connectivity index (χ1v) is 24.6. The average molecular weight is 993 g/mol. The van der Waals surface area contributed by atoms with Crippen molar-refractivity contribution in [3.63, 3.8) is 0 Å². The molecule has 4 heterocycles. The van der Waals surface area contributed by atoms with Crippen molar-refractivity contribution in [1.29, 1.82) is 0 Å². The molecule has 0 aromatic carbocycles. The first-order valence-electron chi connectivity index (χ1n) is 24.6. The van der Waals surface area contributed by atoms with E-state index in [9.17, 15) is 60.7 Å². The van der Waals surface area contributed by atoms with Crippen molar-refractivity contribution in [3.05, 3.63) is 85.1 Å². The Morgan fingerprint density at radius 1 is 0.657 bits per heavy atom. The highest BCUT2D eigenvalue weighted by atomic mass is 16.7. The number of aldehydes is 1. The number of carbonyl (C=O) groups is 2. The molecule has 4 aliphatic heterocycles. The van der Waals surface area contributed by atoms with Gasteiger partial charge in [0.25, 0.3) is 0 Å². The van der Waals surface area contributed by atoms with Gasteiger partial charge < -0.3 is 90.6 Å². The van der Waals surface area contributed by atoms with Crippen LogP contribution in [0.15, 0.2) is 85.1 Å². The Kier molecular flexibility index (Phi) is 25.9. The van der Waals surface area contributed by atoms with Crippen LogP contribution in [0.1, 0.15) is 78.1 Å². The van der Waals surface area contributed by atoms with Crippen LogP contribution in [0.3, 0.4) is 0 Å². The summed E-state index contributed by atoms with van der Waals surface area (Å²) in [4.78, 5) is 25.9. The van der Waals surface area contributed by atoms with Crippen molar-refractivity contribution in [1.82, 2.24) is 5.32 Å². The van der Waals surface area contributed by atoms with Gasteiger partial charge in [-0.15, -0.1) is 0 Å². The van der Waals surface area contributed by atoms with E-state index in [1.807, 2.05) is 55.5 Å². The monoisotopic (exact) mass is 993 g/mol. The Balaban J connectivity index is 1.58. The minimum absolute atomic E-state index is 0.0911. The number of aliphatic hydroxyl groups is 10. The highest BCUT2D eigenvalue weighted by molar-refractivity contribution is 5.80. The Morgan fingerprint density at radius 3 is 1.89 bits per heavy atom. The van der Waals surface area contributed by atoms with E-state index in [-0.39, 0.29) is 57.3 Å². The molecule has 70 heavy (non-hydrogen) atoms. The summed E-state index contributed by atoms with van der Waals surface area (Å²) in [7, 11) is 0. The van der Waals surface area contributed by atoms with Crippen LogP contribution < -0.4 is 11.1 Å². The molecule has 0 spiro atoms. The van der Waals surface area contributed by atoms with Gasteiger partial charge in [-0.1, -0.05) is 92.0 Å². The van der Waals surface area contributed by atoms with E-state index in [0.717, 1.165) is 0 Å². The third-order valence-electron chi connectivity index (χ3n) is 13.1. The predicted molar refractivity (Wildman–Crippen MR) is 257 cm³/mol. The molecule has 19 nitrogen and oxygen atoms in total. The van der Waals surface area contributed by atoms with Crippen LogP contribution in [-0.4, -0.2) is 187 Å². The fourth-order valence-corrected chi connectivity index (χ4v) is 8.78. The fourth-order valence-electron chi connectivity index (χ4n) is 8.78. The molecule has 4 aliphatic rings. The lowest BCUT2D eigenvalue weighted by Gasteiger charge is -2.46. The Bertz CT molecular complexity index is 1750. The minimum Gasteiger partial charge on any atom is -0.393 e. The number of fused-ring (bicyclic) bond motifs is 2. The summed E-state index contributed by atoms with van der Waals surface area (Å²) in [6.45, 7) is 4.07. The molecule has 3 fully saturated rings. The number of nitrogens with one attached hydrogen (secondary N) is 1. The van der Waals surface area contributed by atoms with Crippen LogP contribution in [0.25, 0.3) is 0 Å². The Hall–Kier alpha value is -3.32. The fraction of sp³-hybridized carbons (Fsp3) is 0.686. The lowest BCUT2D eigenvalue weighted by Crippen LogP contribution is -2.60. The molecule has 0 aromatic heterocycles. The maximum absolute atomic E-state index is 14.0. The van der Waals surface area contributed by atoms with Gasteiger partial charge in [-0.25, -0.2) is 0 Å². The Morgan fingerprint density at radius 2 is 1.26 bits per heavy atom. The summed E-state index contributed by atoms with van der Waals surface area (Å²) in [6, 6.07) is -1.36. The predicted octanol–water partition coefficient (Wildman–Crippen LogP) is 0.186. The van der Waals surface area contributed by atoms with Crippen LogP contribution in [0.5, 0.6) is 0 Å². The molecule has 396 valence electrons. The van der Waals surface area contributed by atoms with E-state index in [0.29, 0.717) is 32.3 Å². The van der Waals surface area contributed by atoms with E-state index >= 15 is 0 Å². The van der Waals surface area contributed by atoms with Gasteiger partial charge in [-0.2, -0.15) is 0 Å². The molecule has 19 heteroatoms. The van der Waals surface area contributed by atoms with E-state index < -0.39 is 128 Å². The molecule has 13 N–H and O–H groups in total. The lowest BCUT2D eigenvalue weighted by atomic mass is 9.82.